The average molecular weight is 248 g/mol. The van der Waals surface area contributed by atoms with E-state index >= 15 is 0 Å². The quantitative estimate of drug-likeness (QED) is 0.574. The number of fused-ring (bicyclic) bond motifs is 1. The summed E-state index contributed by atoms with van der Waals surface area (Å²) in [5, 5.41) is 2.80. The smallest absolute Gasteiger partial charge is 0.240 e. The normalized spacial score (nSPS) is 30.6. The van der Waals surface area contributed by atoms with E-state index in [2.05, 4.69) is 5.32 Å². The first-order chi connectivity index (χ1) is 8.66. The summed E-state index contributed by atoms with van der Waals surface area (Å²) in [5.41, 5.74) is 0. The third-order valence-corrected chi connectivity index (χ3v) is 3.84. The Kier molecular flexibility index (Phi) is 2.69. The molecule has 2 atom stereocenters. The molecular formula is C13H16N2O3. The molecule has 1 aliphatic heterocycles. The molecule has 3 aliphatic rings. The largest absolute Gasteiger partial charge is 0.352 e. The molecule has 3 rings (SSSR count). The molecule has 0 aromatic rings. The Labute approximate surface area is 105 Å². The number of carbonyl (C=O) groups is 3. The molecule has 0 unspecified atom stereocenters. The molecule has 2 fully saturated rings. The number of imide groups is 1. The highest BCUT2D eigenvalue weighted by Gasteiger charge is 2.47. The van der Waals surface area contributed by atoms with Gasteiger partial charge in [-0.3, -0.25) is 19.3 Å². The third-order valence-electron chi connectivity index (χ3n) is 3.84. The zero-order chi connectivity index (χ0) is 12.7. The molecule has 1 saturated carbocycles. The lowest BCUT2D eigenvalue weighted by atomic mass is 9.85. The van der Waals surface area contributed by atoms with Crippen LogP contribution in [0.1, 0.15) is 25.7 Å². The van der Waals surface area contributed by atoms with Gasteiger partial charge in [0.25, 0.3) is 0 Å². The summed E-state index contributed by atoms with van der Waals surface area (Å²) in [7, 11) is 0. The predicted octanol–water partition coefficient (Wildman–Crippen LogP) is 0.216. The topological polar surface area (TPSA) is 66.5 Å². The standard InChI is InChI=1S/C13H16N2O3/c16-11(14-8-5-6-8)7-15-12(17)9-3-1-2-4-10(9)13(15)18/h1-2,8-10H,3-7H2,(H,14,16)/t9-,10-/m1/s1. The molecule has 18 heavy (non-hydrogen) atoms. The lowest BCUT2D eigenvalue weighted by Gasteiger charge is -2.14. The van der Waals surface area contributed by atoms with Crippen LogP contribution in [0.3, 0.4) is 0 Å². The van der Waals surface area contributed by atoms with Crippen molar-refractivity contribution in [2.75, 3.05) is 6.54 Å². The summed E-state index contributed by atoms with van der Waals surface area (Å²) in [6, 6.07) is 0.259. The van der Waals surface area contributed by atoms with Crippen LogP contribution < -0.4 is 5.32 Å². The molecule has 1 N–H and O–H groups in total. The Morgan fingerprint density at radius 2 is 1.72 bits per heavy atom. The Hall–Kier alpha value is -1.65. The van der Waals surface area contributed by atoms with Crippen molar-refractivity contribution in [2.45, 2.75) is 31.7 Å². The van der Waals surface area contributed by atoms with E-state index in [1.54, 1.807) is 0 Å². The van der Waals surface area contributed by atoms with E-state index in [1.165, 1.54) is 0 Å². The molecule has 96 valence electrons. The van der Waals surface area contributed by atoms with E-state index in [0.29, 0.717) is 12.8 Å². The Morgan fingerprint density at radius 1 is 1.17 bits per heavy atom. The van der Waals surface area contributed by atoms with Gasteiger partial charge in [0, 0.05) is 6.04 Å². The average Bonchev–Trinajstić information content (AvgIpc) is 3.14. The Balaban J connectivity index is 1.67. The number of hydrogen-bond acceptors (Lipinski definition) is 3. The molecule has 3 amide bonds. The molecule has 5 heteroatoms. The highest BCUT2D eigenvalue weighted by atomic mass is 16.2. The first-order valence-electron chi connectivity index (χ1n) is 6.46. The second-order valence-electron chi connectivity index (χ2n) is 5.26. The number of amides is 3. The molecule has 0 aromatic carbocycles. The first-order valence-corrected chi connectivity index (χ1v) is 6.46. The molecule has 0 aromatic heterocycles. The maximum absolute atomic E-state index is 12.1. The molecule has 5 nitrogen and oxygen atoms in total. The van der Waals surface area contributed by atoms with Gasteiger partial charge in [-0.2, -0.15) is 0 Å². The van der Waals surface area contributed by atoms with Gasteiger partial charge in [-0.1, -0.05) is 12.2 Å². The molecule has 0 spiro atoms. The van der Waals surface area contributed by atoms with Crippen LogP contribution in [0.4, 0.5) is 0 Å². The van der Waals surface area contributed by atoms with E-state index < -0.39 is 0 Å². The summed E-state index contributed by atoms with van der Waals surface area (Å²) >= 11 is 0. The summed E-state index contributed by atoms with van der Waals surface area (Å²) in [5.74, 6) is -1.06. The van der Waals surface area contributed by atoms with Gasteiger partial charge < -0.3 is 5.32 Å². The third kappa shape index (κ3) is 1.94. The monoisotopic (exact) mass is 248 g/mol. The Bertz CT molecular complexity index is 414. The minimum absolute atomic E-state index is 0.110. The van der Waals surface area contributed by atoms with E-state index in [4.69, 9.17) is 0 Å². The van der Waals surface area contributed by atoms with E-state index in [1.807, 2.05) is 12.2 Å². The SMILES string of the molecule is O=C(CN1C(=O)[C@@H]2CC=CC[C@H]2C1=O)NC1CC1. The lowest BCUT2D eigenvalue weighted by Crippen LogP contribution is -2.41. The lowest BCUT2D eigenvalue weighted by molar-refractivity contribution is -0.143. The molecule has 2 aliphatic carbocycles. The van der Waals surface area contributed by atoms with Gasteiger partial charge in [0.2, 0.25) is 17.7 Å². The molecule has 0 radical (unpaired) electrons. The van der Waals surface area contributed by atoms with Gasteiger partial charge in [0.05, 0.1) is 11.8 Å². The van der Waals surface area contributed by atoms with Gasteiger partial charge in [-0.05, 0) is 25.7 Å². The van der Waals surface area contributed by atoms with Crippen LogP contribution in [0, 0.1) is 11.8 Å². The van der Waals surface area contributed by atoms with E-state index in [-0.39, 0.29) is 42.1 Å². The first kappa shape index (κ1) is 11.4. The van der Waals surface area contributed by atoms with Gasteiger partial charge in [0.15, 0.2) is 0 Å². The van der Waals surface area contributed by atoms with Crippen LogP contribution in [-0.4, -0.2) is 35.2 Å². The summed E-state index contributed by atoms with van der Waals surface area (Å²) in [6.45, 7) is -0.110. The van der Waals surface area contributed by atoms with Crippen LogP contribution in [0.25, 0.3) is 0 Å². The van der Waals surface area contributed by atoms with Crippen molar-refractivity contribution in [3.8, 4) is 0 Å². The maximum Gasteiger partial charge on any atom is 0.240 e. The van der Waals surface area contributed by atoms with Crippen LogP contribution >= 0.6 is 0 Å². The van der Waals surface area contributed by atoms with Crippen molar-refractivity contribution >= 4 is 17.7 Å². The summed E-state index contributed by atoms with van der Waals surface area (Å²) in [6.07, 6.45) is 7.14. The Morgan fingerprint density at radius 3 is 2.22 bits per heavy atom. The van der Waals surface area contributed by atoms with Crippen molar-refractivity contribution < 1.29 is 14.4 Å². The fourth-order valence-corrected chi connectivity index (χ4v) is 2.67. The zero-order valence-corrected chi connectivity index (χ0v) is 10.1. The van der Waals surface area contributed by atoms with Crippen molar-refractivity contribution in [1.29, 1.82) is 0 Å². The molecule has 1 heterocycles. The number of hydrogen-bond donors (Lipinski definition) is 1. The van der Waals surface area contributed by atoms with Gasteiger partial charge in [0.1, 0.15) is 6.54 Å². The van der Waals surface area contributed by atoms with Crippen molar-refractivity contribution in [1.82, 2.24) is 10.2 Å². The van der Waals surface area contributed by atoms with Crippen molar-refractivity contribution in [3.05, 3.63) is 12.2 Å². The maximum atomic E-state index is 12.1. The van der Waals surface area contributed by atoms with Crippen LogP contribution in [0.5, 0.6) is 0 Å². The van der Waals surface area contributed by atoms with Crippen LogP contribution in [-0.2, 0) is 14.4 Å². The van der Waals surface area contributed by atoms with E-state index in [0.717, 1.165) is 17.7 Å². The highest BCUT2D eigenvalue weighted by molar-refractivity contribution is 6.07. The minimum Gasteiger partial charge on any atom is -0.352 e. The van der Waals surface area contributed by atoms with E-state index in [9.17, 15) is 14.4 Å². The van der Waals surface area contributed by atoms with Crippen molar-refractivity contribution in [2.24, 2.45) is 11.8 Å². The number of allylic oxidation sites excluding steroid dienone is 2. The zero-order valence-electron chi connectivity index (χ0n) is 10.1. The number of nitrogens with one attached hydrogen (secondary N) is 1. The van der Waals surface area contributed by atoms with Gasteiger partial charge in [-0.15, -0.1) is 0 Å². The second-order valence-corrected chi connectivity index (χ2v) is 5.26. The fraction of sp³-hybridized carbons (Fsp3) is 0.615. The van der Waals surface area contributed by atoms with Crippen LogP contribution in [0.2, 0.25) is 0 Å². The minimum atomic E-state index is -0.240. The predicted molar refractivity (Wildman–Crippen MR) is 63.2 cm³/mol. The summed E-state index contributed by atoms with van der Waals surface area (Å²) in [4.78, 5) is 37.0. The van der Waals surface area contributed by atoms with Gasteiger partial charge in [-0.25, -0.2) is 0 Å². The summed E-state index contributed by atoms with van der Waals surface area (Å²) < 4.78 is 0. The molecule has 1 saturated heterocycles. The van der Waals surface area contributed by atoms with Crippen molar-refractivity contribution in [3.63, 3.8) is 0 Å². The van der Waals surface area contributed by atoms with Gasteiger partial charge >= 0.3 is 0 Å². The number of carbonyl (C=O) groups excluding carboxylic acids is 3. The number of likely N-dealkylation sites (tertiary alicyclic amines) is 1. The van der Waals surface area contributed by atoms with Crippen LogP contribution in [0.15, 0.2) is 12.2 Å². The molecule has 0 bridgehead atoms. The number of nitrogens with zero attached hydrogens (tertiary/aromatic N) is 1. The highest BCUT2D eigenvalue weighted by Crippen LogP contribution is 2.34. The fourth-order valence-electron chi connectivity index (χ4n) is 2.67. The number of rotatable bonds is 3. The molecular weight excluding hydrogens is 232 g/mol. The second kappa shape index (κ2) is 4.23.